The number of alkyl halides is 3. The van der Waals surface area contributed by atoms with E-state index in [-0.39, 0.29) is 18.5 Å². The van der Waals surface area contributed by atoms with E-state index in [0.29, 0.717) is 28.3 Å². The molecule has 0 aliphatic rings. The van der Waals surface area contributed by atoms with Gasteiger partial charge < -0.3 is 14.2 Å². The smallest absolute Gasteiger partial charge is 0.490 e. The normalized spacial score (nSPS) is 11.7. The van der Waals surface area contributed by atoms with Gasteiger partial charge in [0.05, 0.1) is 18.3 Å². The maximum Gasteiger partial charge on any atom is 0.575 e. The van der Waals surface area contributed by atoms with Crippen molar-refractivity contribution in [2.45, 2.75) is 47.1 Å². The molecular formula is C18H21F3O5. The lowest BCUT2D eigenvalue weighted by molar-refractivity contribution is -0.302. The maximum absolute atomic E-state index is 12.2. The fourth-order valence-electron chi connectivity index (χ4n) is 2.34. The molecule has 0 radical (unpaired) electrons. The summed E-state index contributed by atoms with van der Waals surface area (Å²) in [6, 6.07) is 1.54. The quantitative estimate of drug-likeness (QED) is 0.547. The second kappa shape index (κ2) is 8.73. The first-order chi connectivity index (χ1) is 12.0. The molecule has 0 aliphatic heterocycles. The van der Waals surface area contributed by atoms with E-state index in [0.717, 1.165) is 6.08 Å². The molecule has 0 unspecified atom stereocenters. The van der Waals surface area contributed by atoms with Crippen LogP contribution in [0, 0.1) is 13.8 Å². The molecule has 0 atom stereocenters. The van der Waals surface area contributed by atoms with E-state index in [1.54, 1.807) is 34.6 Å². The highest BCUT2D eigenvalue weighted by Gasteiger charge is 2.33. The minimum Gasteiger partial charge on any atom is -0.490 e. The van der Waals surface area contributed by atoms with Crippen LogP contribution >= 0.6 is 0 Å². The van der Waals surface area contributed by atoms with Crippen LogP contribution in [0.1, 0.15) is 47.8 Å². The van der Waals surface area contributed by atoms with Crippen LogP contribution in [0.4, 0.5) is 13.2 Å². The maximum atomic E-state index is 12.2. The SMILES string of the molecule is CCOC(=O)c1c(C)cc(C=CC(=O)OC(F)(F)F)c(OC(C)C)c1C. The second-order valence-electron chi connectivity index (χ2n) is 5.70. The Morgan fingerprint density at radius 2 is 1.85 bits per heavy atom. The minimum absolute atomic E-state index is 0.197. The summed E-state index contributed by atoms with van der Waals surface area (Å²) in [6.45, 7) is 8.69. The molecule has 0 saturated heterocycles. The van der Waals surface area contributed by atoms with E-state index in [1.165, 1.54) is 6.07 Å². The van der Waals surface area contributed by atoms with Gasteiger partial charge in [-0.3, -0.25) is 0 Å². The van der Waals surface area contributed by atoms with Crippen LogP contribution in [0.5, 0.6) is 5.75 Å². The van der Waals surface area contributed by atoms with Gasteiger partial charge in [-0.05, 0) is 52.3 Å². The Morgan fingerprint density at radius 3 is 2.35 bits per heavy atom. The van der Waals surface area contributed by atoms with Crippen LogP contribution in [-0.4, -0.2) is 31.0 Å². The molecule has 0 spiro atoms. The first-order valence-corrected chi connectivity index (χ1v) is 7.92. The number of esters is 2. The number of aryl methyl sites for hydroxylation is 1. The summed E-state index contributed by atoms with van der Waals surface area (Å²) in [5.74, 6) is -1.80. The molecule has 0 aliphatic carbocycles. The lowest BCUT2D eigenvalue weighted by atomic mass is 9.97. The zero-order chi connectivity index (χ0) is 20.1. The molecule has 0 amide bonds. The van der Waals surface area contributed by atoms with Crippen molar-refractivity contribution in [3.8, 4) is 5.75 Å². The molecule has 1 aromatic rings. The van der Waals surface area contributed by atoms with Gasteiger partial charge in [0, 0.05) is 17.2 Å². The molecular weight excluding hydrogens is 353 g/mol. The zero-order valence-corrected chi connectivity index (χ0v) is 15.2. The van der Waals surface area contributed by atoms with Crippen LogP contribution in [0.25, 0.3) is 6.08 Å². The first kappa shape index (κ1) is 21.5. The van der Waals surface area contributed by atoms with Gasteiger partial charge in [0.15, 0.2) is 0 Å². The fourth-order valence-corrected chi connectivity index (χ4v) is 2.34. The summed E-state index contributed by atoms with van der Waals surface area (Å²) < 4.78 is 50.2. The molecule has 8 heteroatoms. The number of rotatable bonds is 6. The van der Waals surface area contributed by atoms with Crippen molar-refractivity contribution in [2.24, 2.45) is 0 Å². The van der Waals surface area contributed by atoms with Gasteiger partial charge in [-0.1, -0.05) is 0 Å². The number of halogens is 3. The van der Waals surface area contributed by atoms with Crippen LogP contribution in [0.15, 0.2) is 12.1 Å². The van der Waals surface area contributed by atoms with E-state index in [1.807, 2.05) is 0 Å². The van der Waals surface area contributed by atoms with E-state index in [9.17, 15) is 22.8 Å². The fraction of sp³-hybridized carbons (Fsp3) is 0.444. The van der Waals surface area contributed by atoms with Crippen LogP contribution in [0.2, 0.25) is 0 Å². The number of carbonyl (C=O) groups excluding carboxylic acids is 2. The van der Waals surface area contributed by atoms with E-state index < -0.39 is 18.3 Å². The predicted octanol–water partition coefficient (Wildman–Crippen LogP) is 4.34. The third kappa shape index (κ3) is 6.09. The van der Waals surface area contributed by atoms with E-state index in [2.05, 4.69) is 4.74 Å². The number of hydrogen-bond acceptors (Lipinski definition) is 5. The molecule has 0 heterocycles. The van der Waals surface area contributed by atoms with Crippen molar-refractivity contribution in [1.29, 1.82) is 0 Å². The summed E-state index contributed by atoms with van der Waals surface area (Å²) in [5, 5.41) is 0. The highest BCUT2D eigenvalue weighted by atomic mass is 19.4. The molecule has 26 heavy (non-hydrogen) atoms. The largest absolute Gasteiger partial charge is 0.575 e. The van der Waals surface area contributed by atoms with Crippen molar-refractivity contribution in [3.05, 3.63) is 34.4 Å². The number of benzene rings is 1. The van der Waals surface area contributed by atoms with Gasteiger partial charge in [-0.15, -0.1) is 13.2 Å². The van der Waals surface area contributed by atoms with E-state index in [4.69, 9.17) is 9.47 Å². The zero-order valence-electron chi connectivity index (χ0n) is 15.2. The molecule has 0 N–H and O–H groups in total. The van der Waals surface area contributed by atoms with Crippen LogP contribution in [-0.2, 0) is 14.3 Å². The van der Waals surface area contributed by atoms with Gasteiger partial charge in [0.25, 0.3) is 0 Å². The Bertz CT molecular complexity index is 706. The Labute approximate surface area is 149 Å². The van der Waals surface area contributed by atoms with Crippen LogP contribution < -0.4 is 4.74 Å². The molecule has 0 aromatic heterocycles. The summed E-state index contributed by atoms with van der Waals surface area (Å²) in [6.07, 6.45) is -3.52. The van der Waals surface area contributed by atoms with Crippen molar-refractivity contribution in [2.75, 3.05) is 6.61 Å². The standard InChI is InChI=1S/C18H21F3O5/c1-6-24-17(23)15-11(4)9-13(16(12(15)5)25-10(2)3)7-8-14(22)26-18(19,20)21/h7-10H,6H2,1-5H3. The lowest BCUT2D eigenvalue weighted by Crippen LogP contribution is -2.17. The molecule has 1 rings (SSSR count). The Hall–Kier alpha value is -2.51. The van der Waals surface area contributed by atoms with Gasteiger partial charge >= 0.3 is 18.3 Å². The average Bonchev–Trinajstić information content (AvgIpc) is 2.46. The Morgan fingerprint density at radius 1 is 1.23 bits per heavy atom. The second-order valence-corrected chi connectivity index (χ2v) is 5.70. The van der Waals surface area contributed by atoms with Crippen molar-refractivity contribution < 1.29 is 37.0 Å². The van der Waals surface area contributed by atoms with Crippen molar-refractivity contribution in [1.82, 2.24) is 0 Å². The highest BCUT2D eigenvalue weighted by Crippen LogP contribution is 2.32. The Kier molecular flexibility index (Phi) is 7.23. The monoisotopic (exact) mass is 374 g/mol. The summed E-state index contributed by atoms with van der Waals surface area (Å²) >= 11 is 0. The predicted molar refractivity (Wildman–Crippen MR) is 88.8 cm³/mol. The summed E-state index contributed by atoms with van der Waals surface area (Å²) in [5.41, 5.74) is 1.68. The molecule has 0 fully saturated rings. The molecule has 1 aromatic carbocycles. The van der Waals surface area contributed by atoms with E-state index >= 15 is 0 Å². The topological polar surface area (TPSA) is 61.8 Å². The van der Waals surface area contributed by atoms with Gasteiger partial charge in [0.2, 0.25) is 0 Å². The molecule has 5 nitrogen and oxygen atoms in total. The first-order valence-electron chi connectivity index (χ1n) is 7.92. The van der Waals surface area contributed by atoms with Crippen molar-refractivity contribution in [3.63, 3.8) is 0 Å². The number of carbonyl (C=O) groups is 2. The third-order valence-electron chi connectivity index (χ3n) is 3.19. The number of ether oxygens (including phenoxy) is 3. The van der Waals surface area contributed by atoms with Gasteiger partial charge in [0.1, 0.15) is 5.75 Å². The lowest BCUT2D eigenvalue weighted by Gasteiger charge is -2.19. The van der Waals surface area contributed by atoms with Crippen molar-refractivity contribution >= 4 is 18.0 Å². The summed E-state index contributed by atoms with van der Waals surface area (Å²) in [4.78, 5) is 23.4. The third-order valence-corrected chi connectivity index (χ3v) is 3.19. The van der Waals surface area contributed by atoms with Crippen LogP contribution in [0.3, 0.4) is 0 Å². The molecule has 0 bridgehead atoms. The van der Waals surface area contributed by atoms with Gasteiger partial charge in [-0.25, -0.2) is 9.59 Å². The highest BCUT2D eigenvalue weighted by molar-refractivity contribution is 5.95. The average molecular weight is 374 g/mol. The number of hydrogen-bond donors (Lipinski definition) is 0. The molecule has 0 saturated carbocycles. The summed E-state index contributed by atoms with van der Waals surface area (Å²) in [7, 11) is 0. The minimum atomic E-state index is -5.06. The van der Waals surface area contributed by atoms with Gasteiger partial charge in [-0.2, -0.15) is 0 Å². The molecule has 144 valence electrons. The Balaban J connectivity index is 3.34.